The third-order valence-electron chi connectivity index (χ3n) is 2.92. The Morgan fingerprint density at radius 3 is 2.89 bits per heavy atom. The monoisotopic (exact) mass is 264 g/mol. The van der Waals surface area contributed by atoms with Crippen molar-refractivity contribution in [2.45, 2.75) is 38.8 Å². The molecule has 0 N–H and O–H groups in total. The van der Waals surface area contributed by atoms with Gasteiger partial charge in [-0.25, -0.2) is 0 Å². The van der Waals surface area contributed by atoms with Gasteiger partial charge in [0.2, 0.25) is 0 Å². The first kappa shape index (κ1) is 11.8. The lowest BCUT2D eigenvalue weighted by molar-refractivity contribution is 0.301. The van der Waals surface area contributed by atoms with E-state index >= 15 is 0 Å². The topological polar surface area (TPSA) is 55.1 Å². The summed E-state index contributed by atoms with van der Waals surface area (Å²) >= 11 is 1.74. The molecule has 18 heavy (non-hydrogen) atoms. The minimum absolute atomic E-state index is 0.694. The fraction of sp³-hybridized carbons (Fsp3) is 0.583. The highest BCUT2D eigenvalue weighted by atomic mass is 32.1. The van der Waals surface area contributed by atoms with Gasteiger partial charge in [-0.1, -0.05) is 16.5 Å². The highest BCUT2D eigenvalue weighted by Crippen LogP contribution is 2.41. The zero-order chi connectivity index (χ0) is 12.5. The molecule has 2 aromatic heterocycles. The van der Waals surface area contributed by atoms with E-state index in [4.69, 9.17) is 4.52 Å². The fourth-order valence-electron chi connectivity index (χ4n) is 1.88. The lowest BCUT2D eigenvalue weighted by atomic mass is 10.3. The van der Waals surface area contributed by atoms with Gasteiger partial charge in [0.05, 0.1) is 12.2 Å². The molecule has 0 bridgehead atoms. The molecule has 1 fully saturated rings. The van der Waals surface area contributed by atoms with Crippen molar-refractivity contribution in [2.24, 2.45) is 0 Å². The number of hydrogen-bond donors (Lipinski definition) is 0. The first-order valence-electron chi connectivity index (χ1n) is 6.14. The molecule has 3 rings (SSSR count). The molecule has 1 aliphatic rings. The molecule has 5 nitrogen and oxygen atoms in total. The van der Waals surface area contributed by atoms with Crippen LogP contribution in [0, 0.1) is 6.92 Å². The van der Waals surface area contributed by atoms with E-state index in [1.54, 1.807) is 11.3 Å². The molecule has 0 atom stereocenters. The van der Waals surface area contributed by atoms with Gasteiger partial charge in [0.1, 0.15) is 15.8 Å². The molecule has 0 saturated heterocycles. The van der Waals surface area contributed by atoms with Crippen LogP contribution in [0.4, 0.5) is 0 Å². The quantitative estimate of drug-likeness (QED) is 0.829. The summed E-state index contributed by atoms with van der Waals surface area (Å²) in [7, 11) is 2.06. The van der Waals surface area contributed by atoms with E-state index in [-0.39, 0.29) is 0 Å². The third kappa shape index (κ3) is 2.76. The standard InChI is InChI=1S/C12H16N4OS/c1-8-5-10(15-17-8)6-16(2)7-11-13-14-12(18-11)9-3-4-9/h5,9H,3-4,6-7H2,1-2H3. The average Bonchev–Trinajstić information content (AvgIpc) is 2.95. The molecule has 1 aliphatic carbocycles. The van der Waals surface area contributed by atoms with Crippen LogP contribution in [0.2, 0.25) is 0 Å². The maximum atomic E-state index is 5.06. The maximum absolute atomic E-state index is 5.06. The molecule has 1 saturated carbocycles. The molecule has 0 spiro atoms. The Bertz CT molecular complexity index is 532. The van der Waals surface area contributed by atoms with Crippen LogP contribution in [0.1, 0.15) is 40.2 Å². The zero-order valence-electron chi connectivity index (χ0n) is 10.6. The van der Waals surface area contributed by atoms with Gasteiger partial charge in [0.15, 0.2) is 0 Å². The van der Waals surface area contributed by atoms with Crippen LogP contribution < -0.4 is 0 Å². The lowest BCUT2D eigenvalue weighted by Crippen LogP contribution is -2.17. The Labute approximate surface area is 110 Å². The molecular formula is C12H16N4OS. The first-order valence-corrected chi connectivity index (χ1v) is 6.95. The largest absolute Gasteiger partial charge is 0.361 e. The van der Waals surface area contributed by atoms with E-state index in [9.17, 15) is 0 Å². The minimum Gasteiger partial charge on any atom is -0.361 e. The van der Waals surface area contributed by atoms with Gasteiger partial charge < -0.3 is 4.52 Å². The number of aryl methyl sites for hydroxylation is 1. The molecule has 0 unspecified atom stereocenters. The highest BCUT2D eigenvalue weighted by molar-refractivity contribution is 7.11. The van der Waals surface area contributed by atoms with E-state index in [0.29, 0.717) is 5.92 Å². The fourth-order valence-corrected chi connectivity index (χ4v) is 2.97. The van der Waals surface area contributed by atoms with Gasteiger partial charge in [0, 0.05) is 18.5 Å². The smallest absolute Gasteiger partial charge is 0.133 e. The Kier molecular flexibility index (Phi) is 3.13. The molecule has 2 aromatic rings. The van der Waals surface area contributed by atoms with Crippen LogP contribution in [-0.2, 0) is 13.1 Å². The molecule has 0 radical (unpaired) electrons. The summed E-state index contributed by atoms with van der Waals surface area (Å²) in [4.78, 5) is 2.18. The van der Waals surface area contributed by atoms with Crippen molar-refractivity contribution in [2.75, 3.05) is 7.05 Å². The lowest BCUT2D eigenvalue weighted by Gasteiger charge is -2.11. The SMILES string of the molecule is Cc1cc(CN(C)Cc2nnc(C3CC3)s2)no1. The summed E-state index contributed by atoms with van der Waals surface area (Å²) in [6.45, 7) is 3.50. The molecule has 2 heterocycles. The van der Waals surface area contributed by atoms with Crippen molar-refractivity contribution in [3.63, 3.8) is 0 Å². The summed E-state index contributed by atoms with van der Waals surface area (Å²) in [6.07, 6.45) is 2.56. The normalized spacial score (nSPS) is 15.5. The summed E-state index contributed by atoms with van der Waals surface area (Å²) in [5, 5.41) is 14.8. The predicted octanol–water partition coefficient (Wildman–Crippen LogP) is 2.34. The summed E-state index contributed by atoms with van der Waals surface area (Å²) in [5.41, 5.74) is 0.960. The van der Waals surface area contributed by atoms with Crippen molar-refractivity contribution in [1.29, 1.82) is 0 Å². The van der Waals surface area contributed by atoms with Crippen molar-refractivity contribution >= 4 is 11.3 Å². The van der Waals surface area contributed by atoms with Crippen LogP contribution in [0.15, 0.2) is 10.6 Å². The first-order chi connectivity index (χ1) is 8.70. The predicted molar refractivity (Wildman–Crippen MR) is 68.3 cm³/mol. The Balaban J connectivity index is 1.57. The average molecular weight is 264 g/mol. The van der Waals surface area contributed by atoms with Crippen molar-refractivity contribution in [1.82, 2.24) is 20.3 Å². The van der Waals surface area contributed by atoms with Crippen LogP contribution in [0.25, 0.3) is 0 Å². The minimum atomic E-state index is 0.694. The van der Waals surface area contributed by atoms with Crippen molar-refractivity contribution in [3.05, 3.63) is 27.5 Å². The Morgan fingerprint density at radius 1 is 1.39 bits per heavy atom. The maximum Gasteiger partial charge on any atom is 0.133 e. The Hall–Kier alpha value is -1.27. The van der Waals surface area contributed by atoms with E-state index in [2.05, 4.69) is 27.3 Å². The van der Waals surface area contributed by atoms with E-state index < -0.39 is 0 Å². The highest BCUT2D eigenvalue weighted by Gasteiger charge is 2.27. The van der Waals surface area contributed by atoms with Crippen LogP contribution in [-0.4, -0.2) is 27.3 Å². The van der Waals surface area contributed by atoms with E-state index in [1.807, 2.05) is 13.0 Å². The molecule has 0 aromatic carbocycles. The molecule has 96 valence electrons. The van der Waals surface area contributed by atoms with Crippen molar-refractivity contribution in [3.8, 4) is 0 Å². The molecule has 6 heteroatoms. The van der Waals surface area contributed by atoms with Crippen LogP contribution in [0.5, 0.6) is 0 Å². The van der Waals surface area contributed by atoms with Gasteiger partial charge >= 0.3 is 0 Å². The van der Waals surface area contributed by atoms with Gasteiger partial charge in [0.25, 0.3) is 0 Å². The molecule has 0 amide bonds. The second-order valence-corrected chi connectivity index (χ2v) is 6.00. The molecule has 0 aliphatic heterocycles. The van der Waals surface area contributed by atoms with Crippen LogP contribution in [0.3, 0.4) is 0 Å². The molecular weight excluding hydrogens is 248 g/mol. The van der Waals surface area contributed by atoms with Crippen molar-refractivity contribution < 1.29 is 4.52 Å². The van der Waals surface area contributed by atoms with E-state index in [1.165, 1.54) is 17.8 Å². The number of rotatable bonds is 5. The van der Waals surface area contributed by atoms with Gasteiger partial charge in [-0.2, -0.15) is 0 Å². The number of nitrogens with zero attached hydrogens (tertiary/aromatic N) is 4. The Morgan fingerprint density at radius 2 is 2.22 bits per heavy atom. The summed E-state index contributed by atoms with van der Waals surface area (Å²) in [5.74, 6) is 1.55. The second kappa shape index (κ2) is 4.78. The number of hydrogen-bond acceptors (Lipinski definition) is 6. The summed E-state index contributed by atoms with van der Waals surface area (Å²) < 4.78 is 5.06. The van der Waals surface area contributed by atoms with Gasteiger partial charge in [-0.05, 0) is 26.8 Å². The van der Waals surface area contributed by atoms with Gasteiger partial charge in [-0.3, -0.25) is 4.90 Å². The third-order valence-corrected chi connectivity index (χ3v) is 3.99. The zero-order valence-corrected chi connectivity index (χ0v) is 11.4. The van der Waals surface area contributed by atoms with Gasteiger partial charge in [-0.15, -0.1) is 10.2 Å². The van der Waals surface area contributed by atoms with E-state index in [0.717, 1.165) is 29.6 Å². The number of aromatic nitrogens is 3. The van der Waals surface area contributed by atoms with Crippen LogP contribution >= 0.6 is 11.3 Å². The summed E-state index contributed by atoms with van der Waals surface area (Å²) in [6, 6.07) is 1.96. The second-order valence-electron chi connectivity index (χ2n) is 4.91.